The molecular weight excluding hydrogens is 220 g/mol. The Balaban J connectivity index is 2.38. The molecule has 0 bridgehead atoms. The van der Waals surface area contributed by atoms with Crippen LogP contribution in [0, 0.1) is 6.92 Å². The molecule has 0 aliphatic heterocycles. The van der Waals surface area contributed by atoms with Crippen LogP contribution in [0.25, 0.3) is 0 Å². The van der Waals surface area contributed by atoms with Crippen LogP contribution in [0.5, 0.6) is 0 Å². The maximum Gasteiger partial charge on any atom is 0.129 e. The first kappa shape index (κ1) is 11.1. The van der Waals surface area contributed by atoms with Crippen LogP contribution in [0.1, 0.15) is 22.7 Å². The zero-order valence-corrected chi connectivity index (χ0v) is 9.78. The lowest BCUT2D eigenvalue weighted by molar-refractivity contribution is 0.853. The smallest absolute Gasteiger partial charge is 0.129 e. The number of nitrogens with zero attached hydrogens (tertiary/aromatic N) is 1. The number of aromatic nitrogens is 1. The molecular formula is C13H13ClN2. The summed E-state index contributed by atoms with van der Waals surface area (Å²) in [4.78, 5) is 4.07. The second kappa shape index (κ2) is 4.64. The number of nitrogens with two attached hydrogens (primary N) is 1. The van der Waals surface area contributed by atoms with Gasteiger partial charge in [-0.1, -0.05) is 41.9 Å². The van der Waals surface area contributed by atoms with Crippen molar-refractivity contribution in [2.45, 2.75) is 13.0 Å². The molecule has 0 aliphatic carbocycles. The number of hydrogen-bond acceptors (Lipinski definition) is 2. The number of halogens is 1. The van der Waals surface area contributed by atoms with Crippen molar-refractivity contribution in [3.63, 3.8) is 0 Å². The Labute approximate surface area is 100 Å². The molecule has 16 heavy (non-hydrogen) atoms. The van der Waals surface area contributed by atoms with E-state index in [1.54, 1.807) is 6.20 Å². The van der Waals surface area contributed by atoms with E-state index in [9.17, 15) is 0 Å². The van der Waals surface area contributed by atoms with Gasteiger partial charge < -0.3 is 5.73 Å². The summed E-state index contributed by atoms with van der Waals surface area (Å²) in [5.74, 6) is 0. The molecule has 3 heteroatoms. The van der Waals surface area contributed by atoms with Crippen molar-refractivity contribution < 1.29 is 0 Å². The Morgan fingerprint density at radius 2 is 1.94 bits per heavy atom. The quantitative estimate of drug-likeness (QED) is 0.809. The van der Waals surface area contributed by atoms with Gasteiger partial charge in [-0.25, -0.2) is 4.98 Å². The van der Waals surface area contributed by atoms with Crippen molar-refractivity contribution in [1.29, 1.82) is 0 Å². The van der Waals surface area contributed by atoms with Gasteiger partial charge >= 0.3 is 0 Å². The fraction of sp³-hybridized carbons (Fsp3) is 0.154. The molecule has 1 atom stereocenters. The zero-order chi connectivity index (χ0) is 11.5. The summed E-state index contributed by atoms with van der Waals surface area (Å²) in [6.07, 6.45) is 1.75. The van der Waals surface area contributed by atoms with Crippen molar-refractivity contribution in [1.82, 2.24) is 4.98 Å². The highest BCUT2D eigenvalue weighted by atomic mass is 35.5. The van der Waals surface area contributed by atoms with Gasteiger partial charge in [0, 0.05) is 6.20 Å². The van der Waals surface area contributed by atoms with Gasteiger partial charge in [0.1, 0.15) is 5.15 Å². The second-order valence-electron chi connectivity index (χ2n) is 3.75. The van der Waals surface area contributed by atoms with E-state index in [4.69, 9.17) is 17.3 Å². The number of rotatable bonds is 2. The van der Waals surface area contributed by atoms with Crippen molar-refractivity contribution in [2.24, 2.45) is 5.73 Å². The molecule has 1 aromatic heterocycles. The summed E-state index contributed by atoms with van der Waals surface area (Å²) in [6.45, 7) is 1.99. The van der Waals surface area contributed by atoms with E-state index in [0.717, 1.165) is 16.7 Å². The molecule has 0 radical (unpaired) electrons. The van der Waals surface area contributed by atoms with Crippen LogP contribution in [-0.4, -0.2) is 4.98 Å². The zero-order valence-electron chi connectivity index (χ0n) is 9.02. The highest BCUT2D eigenvalue weighted by molar-refractivity contribution is 6.29. The first-order chi connectivity index (χ1) is 7.68. The average Bonchev–Trinajstić information content (AvgIpc) is 2.29. The van der Waals surface area contributed by atoms with Crippen LogP contribution in [0.15, 0.2) is 42.6 Å². The van der Waals surface area contributed by atoms with Gasteiger partial charge in [0.15, 0.2) is 0 Å². The van der Waals surface area contributed by atoms with Crippen LogP contribution < -0.4 is 5.73 Å². The number of benzene rings is 1. The molecule has 0 saturated heterocycles. The molecule has 2 N–H and O–H groups in total. The van der Waals surface area contributed by atoms with Crippen molar-refractivity contribution in [3.8, 4) is 0 Å². The molecule has 1 heterocycles. The monoisotopic (exact) mass is 232 g/mol. The average molecular weight is 233 g/mol. The molecule has 2 rings (SSSR count). The van der Waals surface area contributed by atoms with Crippen molar-refractivity contribution in [2.75, 3.05) is 0 Å². The Morgan fingerprint density at radius 3 is 2.56 bits per heavy atom. The van der Waals surface area contributed by atoms with Crippen LogP contribution in [0.2, 0.25) is 5.15 Å². The minimum absolute atomic E-state index is 0.147. The highest BCUT2D eigenvalue weighted by Crippen LogP contribution is 2.23. The van der Waals surface area contributed by atoms with Crippen molar-refractivity contribution in [3.05, 3.63) is 64.4 Å². The minimum Gasteiger partial charge on any atom is -0.320 e. The third-order valence-electron chi connectivity index (χ3n) is 2.61. The van der Waals surface area contributed by atoms with Crippen LogP contribution in [0.3, 0.4) is 0 Å². The summed E-state index contributed by atoms with van der Waals surface area (Å²) >= 11 is 5.82. The van der Waals surface area contributed by atoms with Crippen molar-refractivity contribution >= 4 is 11.6 Å². The van der Waals surface area contributed by atoms with Gasteiger partial charge in [-0.05, 0) is 29.7 Å². The Bertz CT molecular complexity index is 483. The summed E-state index contributed by atoms with van der Waals surface area (Å²) in [5.41, 5.74) is 9.34. The van der Waals surface area contributed by atoms with E-state index < -0.39 is 0 Å². The number of aryl methyl sites for hydroxylation is 1. The summed E-state index contributed by atoms with van der Waals surface area (Å²) in [7, 11) is 0. The minimum atomic E-state index is -0.147. The molecule has 0 aliphatic rings. The largest absolute Gasteiger partial charge is 0.320 e. The molecule has 1 unspecified atom stereocenters. The van der Waals surface area contributed by atoms with Crippen LogP contribution in [0.4, 0.5) is 0 Å². The summed E-state index contributed by atoms with van der Waals surface area (Å²) in [5, 5.41) is 0.501. The fourth-order valence-electron chi connectivity index (χ4n) is 1.70. The molecule has 2 nitrogen and oxygen atoms in total. The van der Waals surface area contributed by atoms with E-state index in [1.165, 1.54) is 0 Å². The first-order valence-corrected chi connectivity index (χ1v) is 5.49. The molecule has 82 valence electrons. The van der Waals surface area contributed by atoms with Crippen LogP contribution >= 0.6 is 11.6 Å². The summed E-state index contributed by atoms with van der Waals surface area (Å²) < 4.78 is 0. The van der Waals surface area contributed by atoms with E-state index in [0.29, 0.717) is 5.15 Å². The first-order valence-electron chi connectivity index (χ1n) is 5.11. The summed E-state index contributed by atoms with van der Waals surface area (Å²) in [6, 6.07) is 11.6. The van der Waals surface area contributed by atoms with Gasteiger partial charge in [-0.15, -0.1) is 0 Å². The second-order valence-corrected chi connectivity index (χ2v) is 4.14. The van der Waals surface area contributed by atoms with Gasteiger partial charge in [-0.3, -0.25) is 0 Å². The predicted octanol–water partition coefficient (Wildman–Crippen LogP) is 3.09. The van der Waals surface area contributed by atoms with E-state index in [2.05, 4.69) is 4.98 Å². The molecule has 1 aromatic carbocycles. The Kier molecular flexibility index (Phi) is 3.22. The van der Waals surface area contributed by atoms with Gasteiger partial charge in [-0.2, -0.15) is 0 Å². The Hall–Kier alpha value is -1.38. The molecule has 0 spiro atoms. The Morgan fingerprint density at radius 1 is 1.25 bits per heavy atom. The van der Waals surface area contributed by atoms with Gasteiger partial charge in [0.2, 0.25) is 0 Å². The van der Waals surface area contributed by atoms with E-state index >= 15 is 0 Å². The SMILES string of the molecule is Cc1cc(Cl)ncc1C(N)c1ccccc1. The lowest BCUT2D eigenvalue weighted by Crippen LogP contribution is -2.13. The third kappa shape index (κ3) is 2.23. The molecule has 2 aromatic rings. The molecule has 0 saturated carbocycles. The topological polar surface area (TPSA) is 38.9 Å². The lowest BCUT2D eigenvalue weighted by atomic mass is 9.98. The van der Waals surface area contributed by atoms with Gasteiger partial charge in [0.25, 0.3) is 0 Å². The van der Waals surface area contributed by atoms with Gasteiger partial charge in [0.05, 0.1) is 6.04 Å². The lowest BCUT2D eigenvalue weighted by Gasteiger charge is -2.14. The standard InChI is InChI=1S/C13H13ClN2/c1-9-7-12(14)16-8-11(9)13(15)10-5-3-2-4-6-10/h2-8,13H,15H2,1H3. The van der Waals surface area contributed by atoms with E-state index in [1.807, 2.05) is 43.3 Å². The fourth-order valence-corrected chi connectivity index (χ4v) is 1.91. The highest BCUT2D eigenvalue weighted by Gasteiger charge is 2.11. The number of pyridine rings is 1. The number of hydrogen-bond donors (Lipinski definition) is 1. The molecule has 0 amide bonds. The normalized spacial score (nSPS) is 12.4. The molecule has 0 fully saturated rings. The predicted molar refractivity (Wildman–Crippen MR) is 66.5 cm³/mol. The van der Waals surface area contributed by atoms with E-state index in [-0.39, 0.29) is 6.04 Å². The third-order valence-corrected chi connectivity index (χ3v) is 2.82. The maximum absolute atomic E-state index is 6.18. The van der Waals surface area contributed by atoms with Crippen LogP contribution in [-0.2, 0) is 0 Å². The maximum atomic E-state index is 6.18.